The second-order valence-electron chi connectivity index (χ2n) is 6.78. The molecule has 2 N–H and O–H groups in total. The first-order valence-corrected chi connectivity index (χ1v) is 9.91. The maximum atomic E-state index is 12.8. The minimum atomic E-state index is -0.794. The molecule has 0 spiro atoms. The highest BCUT2D eigenvalue weighted by Gasteiger charge is 2.27. The number of Topliss-reactive ketones (excluding diaryl/α,β-unsaturated/α-hetero) is 1. The molecule has 1 atom stereocenters. The van der Waals surface area contributed by atoms with Crippen LogP contribution in [0.4, 0.5) is 5.13 Å². The SMILES string of the molecule is CC(=O)c1sc(NC(=O)C(NC(=O)c2ccco2)C(C)C)nc1-c1ccccc1. The highest BCUT2D eigenvalue weighted by Crippen LogP contribution is 2.31. The van der Waals surface area contributed by atoms with Gasteiger partial charge in [-0.15, -0.1) is 0 Å². The number of hydrogen-bond acceptors (Lipinski definition) is 6. The van der Waals surface area contributed by atoms with Crippen LogP contribution in [0.15, 0.2) is 53.1 Å². The van der Waals surface area contributed by atoms with Gasteiger partial charge in [-0.1, -0.05) is 55.5 Å². The number of carbonyl (C=O) groups is 3. The van der Waals surface area contributed by atoms with Crippen LogP contribution in [0.1, 0.15) is 41.0 Å². The Morgan fingerprint density at radius 1 is 1.07 bits per heavy atom. The lowest BCUT2D eigenvalue weighted by atomic mass is 10.0. The molecule has 0 aliphatic carbocycles. The number of benzene rings is 1. The average Bonchev–Trinajstić information content (AvgIpc) is 3.36. The van der Waals surface area contributed by atoms with Crippen molar-refractivity contribution in [3.05, 3.63) is 59.4 Å². The van der Waals surface area contributed by atoms with E-state index in [9.17, 15) is 14.4 Å². The zero-order chi connectivity index (χ0) is 21.0. The van der Waals surface area contributed by atoms with E-state index in [0.717, 1.165) is 16.9 Å². The lowest BCUT2D eigenvalue weighted by Gasteiger charge is -2.20. The molecule has 0 bridgehead atoms. The minimum absolute atomic E-state index is 0.128. The van der Waals surface area contributed by atoms with Crippen LogP contribution in [0.2, 0.25) is 0 Å². The molecule has 0 saturated carbocycles. The number of ketones is 1. The molecule has 2 aromatic heterocycles. The molecule has 1 aromatic carbocycles. The quantitative estimate of drug-likeness (QED) is 0.572. The summed E-state index contributed by atoms with van der Waals surface area (Å²) >= 11 is 1.11. The fraction of sp³-hybridized carbons (Fsp3) is 0.238. The molecule has 29 heavy (non-hydrogen) atoms. The lowest BCUT2D eigenvalue weighted by Crippen LogP contribution is -2.47. The zero-order valence-corrected chi connectivity index (χ0v) is 17.1. The van der Waals surface area contributed by atoms with Crippen molar-refractivity contribution in [1.29, 1.82) is 0 Å². The second kappa shape index (κ2) is 8.83. The molecule has 3 rings (SSSR count). The molecule has 0 saturated heterocycles. The number of amides is 2. The number of thiazole rings is 1. The second-order valence-corrected chi connectivity index (χ2v) is 7.78. The van der Waals surface area contributed by atoms with Crippen molar-refractivity contribution in [3.8, 4) is 11.3 Å². The van der Waals surface area contributed by atoms with Gasteiger partial charge in [-0.2, -0.15) is 0 Å². The van der Waals surface area contributed by atoms with E-state index in [4.69, 9.17) is 4.42 Å². The number of nitrogens with one attached hydrogen (secondary N) is 2. The van der Waals surface area contributed by atoms with Crippen LogP contribution in [-0.2, 0) is 4.79 Å². The van der Waals surface area contributed by atoms with E-state index in [-0.39, 0.29) is 17.5 Å². The van der Waals surface area contributed by atoms with Gasteiger partial charge in [-0.05, 0) is 18.1 Å². The number of aromatic nitrogens is 1. The van der Waals surface area contributed by atoms with Crippen LogP contribution in [0.5, 0.6) is 0 Å². The minimum Gasteiger partial charge on any atom is -0.459 e. The standard InChI is InChI=1S/C21H21N3O4S/c1-12(2)16(22-19(26)15-10-7-11-28-15)20(27)24-21-23-17(18(29-21)13(3)25)14-8-5-4-6-9-14/h4-12,16H,1-3H3,(H,22,26)(H,23,24,27). The van der Waals surface area contributed by atoms with E-state index < -0.39 is 17.9 Å². The van der Waals surface area contributed by atoms with E-state index in [1.807, 2.05) is 44.2 Å². The summed E-state index contributed by atoms with van der Waals surface area (Å²) in [6, 6.07) is 11.6. The number of anilines is 1. The molecule has 0 radical (unpaired) electrons. The normalized spacial score (nSPS) is 11.9. The van der Waals surface area contributed by atoms with E-state index in [1.165, 1.54) is 19.3 Å². The van der Waals surface area contributed by atoms with Crippen LogP contribution in [0.3, 0.4) is 0 Å². The van der Waals surface area contributed by atoms with Crippen LogP contribution in [-0.4, -0.2) is 28.6 Å². The lowest BCUT2D eigenvalue weighted by molar-refractivity contribution is -0.118. The van der Waals surface area contributed by atoms with Gasteiger partial charge in [-0.3, -0.25) is 14.4 Å². The Morgan fingerprint density at radius 3 is 2.38 bits per heavy atom. The summed E-state index contributed by atoms with van der Waals surface area (Å²) in [5, 5.41) is 5.71. The third-order valence-corrected chi connectivity index (χ3v) is 5.28. The Hall–Kier alpha value is -3.26. The molecule has 1 unspecified atom stereocenters. The van der Waals surface area contributed by atoms with Gasteiger partial charge < -0.3 is 15.1 Å². The summed E-state index contributed by atoms with van der Waals surface area (Å²) in [5.41, 5.74) is 1.32. The van der Waals surface area contributed by atoms with Crippen molar-refractivity contribution in [2.24, 2.45) is 5.92 Å². The summed E-state index contributed by atoms with van der Waals surface area (Å²) < 4.78 is 5.08. The van der Waals surface area contributed by atoms with Gasteiger partial charge in [0, 0.05) is 12.5 Å². The Morgan fingerprint density at radius 2 is 1.79 bits per heavy atom. The number of rotatable bonds is 7. The largest absolute Gasteiger partial charge is 0.459 e. The Kier molecular flexibility index (Phi) is 6.23. The smallest absolute Gasteiger partial charge is 0.287 e. The average molecular weight is 411 g/mol. The number of nitrogens with zero attached hydrogens (tertiary/aromatic N) is 1. The fourth-order valence-corrected chi connectivity index (χ4v) is 3.63. The third kappa shape index (κ3) is 4.78. The van der Waals surface area contributed by atoms with Gasteiger partial charge in [0.25, 0.3) is 5.91 Å². The Labute approximate surface area is 172 Å². The predicted molar refractivity (Wildman–Crippen MR) is 111 cm³/mol. The van der Waals surface area contributed by atoms with Gasteiger partial charge in [0.05, 0.1) is 16.8 Å². The summed E-state index contributed by atoms with van der Waals surface area (Å²) in [4.78, 5) is 42.0. The summed E-state index contributed by atoms with van der Waals surface area (Å²) in [7, 11) is 0. The molecular formula is C21H21N3O4S. The van der Waals surface area contributed by atoms with Gasteiger partial charge in [0.15, 0.2) is 16.7 Å². The molecule has 0 aliphatic heterocycles. The van der Waals surface area contributed by atoms with Gasteiger partial charge >= 0.3 is 0 Å². The molecule has 3 aromatic rings. The molecule has 150 valence electrons. The van der Waals surface area contributed by atoms with Crippen LogP contribution in [0.25, 0.3) is 11.3 Å². The maximum absolute atomic E-state index is 12.8. The third-order valence-electron chi connectivity index (χ3n) is 4.20. The molecule has 7 nitrogen and oxygen atoms in total. The summed E-state index contributed by atoms with van der Waals surface area (Å²) in [5.74, 6) is -1.06. The van der Waals surface area contributed by atoms with E-state index >= 15 is 0 Å². The Balaban J connectivity index is 1.81. The first kappa shape index (κ1) is 20.5. The summed E-state index contributed by atoms with van der Waals surface area (Å²) in [6.07, 6.45) is 1.39. The molecule has 8 heteroatoms. The number of carbonyl (C=O) groups excluding carboxylic acids is 3. The maximum Gasteiger partial charge on any atom is 0.287 e. The van der Waals surface area contributed by atoms with Crippen molar-refractivity contribution >= 4 is 34.1 Å². The van der Waals surface area contributed by atoms with Gasteiger partial charge in [-0.25, -0.2) is 4.98 Å². The van der Waals surface area contributed by atoms with Gasteiger partial charge in [0.1, 0.15) is 6.04 Å². The topological polar surface area (TPSA) is 101 Å². The molecule has 2 amide bonds. The van der Waals surface area contributed by atoms with Crippen molar-refractivity contribution in [1.82, 2.24) is 10.3 Å². The van der Waals surface area contributed by atoms with Crippen molar-refractivity contribution in [2.75, 3.05) is 5.32 Å². The molecule has 2 heterocycles. The molecular weight excluding hydrogens is 390 g/mol. The van der Waals surface area contributed by atoms with Crippen molar-refractivity contribution < 1.29 is 18.8 Å². The van der Waals surface area contributed by atoms with Crippen LogP contribution < -0.4 is 10.6 Å². The highest BCUT2D eigenvalue weighted by molar-refractivity contribution is 7.18. The van der Waals surface area contributed by atoms with Crippen molar-refractivity contribution in [3.63, 3.8) is 0 Å². The van der Waals surface area contributed by atoms with Crippen LogP contribution >= 0.6 is 11.3 Å². The zero-order valence-electron chi connectivity index (χ0n) is 16.3. The predicted octanol–water partition coefficient (Wildman–Crippen LogP) is 4.00. The van der Waals surface area contributed by atoms with E-state index in [0.29, 0.717) is 15.7 Å². The monoisotopic (exact) mass is 411 g/mol. The number of hydrogen-bond donors (Lipinski definition) is 2. The van der Waals surface area contributed by atoms with Crippen molar-refractivity contribution in [2.45, 2.75) is 26.8 Å². The van der Waals surface area contributed by atoms with Crippen LogP contribution in [0, 0.1) is 5.92 Å². The Bertz CT molecular complexity index is 1010. The first-order chi connectivity index (χ1) is 13.9. The highest BCUT2D eigenvalue weighted by atomic mass is 32.1. The molecule has 0 aliphatic rings. The molecule has 0 fully saturated rings. The van der Waals surface area contributed by atoms with E-state index in [2.05, 4.69) is 15.6 Å². The first-order valence-electron chi connectivity index (χ1n) is 9.09. The van der Waals surface area contributed by atoms with Gasteiger partial charge in [0.2, 0.25) is 5.91 Å². The fourth-order valence-electron chi connectivity index (χ4n) is 2.74. The van der Waals surface area contributed by atoms with E-state index in [1.54, 1.807) is 6.07 Å². The summed E-state index contributed by atoms with van der Waals surface area (Å²) in [6.45, 7) is 5.11. The number of furan rings is 1.